The van der Waals surface area contributed by atoms with Crippen molar-refractivity contribution in [2.75, 3.05) is 39.6 Å². The molecule has 0 aliphatic carbocycles. The molecule has 0 fully saturated rings. The van der Waals surface area contributed by atoms with Crippen LogP contribution in [0.2, 0.25) is 0 Å². The van der Waals surface area contributed by atoms with Crippen molar-refractivity contribution >= 4 is 11.9 Å². The third-order valence-corrected chi connectivity index (χ3v) is 3.00. The van der Waals surface area contributed by atoms with Gasteiger partial charge in [0, 0.05) is 25.1 Å². The van der Waals surface area contributed by atoms with Gasteiger partial charge in [-0.15, -0.1) is 12.8 Å². The Balaban J connectivity index is 3.34. The van der Waals surface area contributed by atoms with Crippen LogP contribution in [-0.4, -0.2) is 74.0 Å². The summed E-state index contributed by atoms with van der Waals surface area (Å²) >= 11 is 0. The van der Waals surface area contributed by atoms with Gasteiger partial charge in [-0.2, -0.15) is 0 Å². The second-order valence-corrected chi connectivity index (χ2v) is 5.36. The molecule has 2 atom stereocenters. The van der Waals surface area contributed by atoms with E-state index in [1.165, 1.54) is 0 Å². The third-order valence-electron chi connectivity index (χ3n) is 3.00. The van der Waals surface area contributed by atoms with Crippen LogP contribution in [0.5, 0.6) is 0 Å². The quantitative estimate of drug-likeness (QED) is 0.174. The summed E-state index contributed by atoms with van der Waals surface area (Å²) < 4.78 is 19.7. The second-order valence-electron chi connectivity index (χ2n) is 5.36. The van der Waals surface area contributed by atoms with Crippen LogP contribution >= 0.6 is 0 Å². The number of hydrogen-bond acceptors (Lipinski definition) is 8. The number of unbranched alkanes of at least 4 members (excludes halogenated alkanes) is 3. The molecule has 0 aliphatic rings. The molecule has 0 amide bonds. The maximum absolute atomic E-state index is 10.7. The smallest absolute Gasteiger partial charge is 0.384 e. The standard InChI is InChI=1S/C18H26O8/c1-3-17(21)25-13-15(19)11-23-9-7-5-6-8-10-24-12-16(20)14-26-18(22)4-2/h1-2,15-16,19-20H,5-14H2. The first-order valence-corrected chi connectivity index (χ1v) is 8.28. The van der Waals surface area contributed by atoms with Crippen LogP contribution in [0.3, 0.4) is 0 Å². The molecule has 2 N–H and O–H groups in total. The lowest BCUT2D eigenvalue weighted by Crippen LogP contribution is -2.23. The minimum atomic E-state index is -0.896. The number of carbonyl (C=O) groups excluding carboxylic acids is 2. The molecule has 146 valence electrons. The van der Waals surface area contributed by atoms with Gasteiger partial charge in [-0.05, 0) is 12.8 Å². The molecule has 26 heavy (non-hydrogen) atoms. The predicted octanol–water partition coefficient (Wildman–Crippen LogP) is -0.345. The summed E-state index contributed by atoms with van der Waals surface area (Å²) in [6.07, 6.45) is 11.3. The fourth-order valence-corrected chi connectivity index (χ4v) is 1.72. The van der Waals surface area contributed by atoms with E-state index < -0.39 is 24.1 Å². The highest BCUT2D eigenvalue weighted by molar-refractivity contribution is 5.87. The summed E-state index contributed by atoms with van der Waals surface area (Å²) in [5, 5.41) is 19.0. The average Bonchev–Trinajstić information content (AvgIpc) is 2.65. The average molecular weight is 370 g/mol. The molecule has 0 rings (SSSR count). The van der Waals surface area contributed by atoms with Gasteiger partial charge in [0.2, 0.25) is 0 Å². The molecule has 0 aromatic carbocycles. The Kier molecular flexibility index (Phi) is 15.1. The van der Waals surface area contributed by atoms with Crippen molar-refractivity contribution in [3.8, 4) is 24.7 Å². The number of ether oxygens (including phenoxy) is 4. The highest BCUT2D eigenvalue weighted by Crippen LogP contribution is 2.01. The minimum Gasteiger partial charge on any atom is -0.453 e. The molecule has 0 saturated heterocycles. The van der Waals surface area contributed by atoms with Gasteiger partial charge in [0.05, 0.1) is 13.2 Å². The zero-order chi connectivity index (χ0) is 19.6. The first-order valence-electron chi connectivity index (χ1n) is 8.28. The monoisotopic (exact) mass is 370 g/mol. The second kappa shape index (κ2) is 16.4. The van der Waals surface area contributed by atoms with Gasteiger partial charge < -0.3 is 29.2 Å². The SMILES string of the molecule is C#CC(=O)OCC(O)COCCCCCCOCC(O)COC(=O)C#C. The molecule has 0 saturated carbocycles. The van der Waals surface area contributed by atoms with E-state index in [0.717, 1.165) is 25.7 Å². The van der Waals surface area contributed by atoms with Crippen LogP contribution in [-0.2, 0) is 28.5 Å². The van der Waals surface area contributed by atoms with E-state index in [9.17, 15) is 19.8 Å². The van der Waals surface area contributed by atoms with Crippen LogP contribution in [0.1, 0.15) is 25.7 Å². The van der Waals surface area contributed by atoms with Crippen LogP contribution in [0, 0.1) is 24.7 Å². The lowest BCUT2D eigenvalue weighted by Gasteiger charge is -2.11. The molecule has 0 bridgehead atoms. The van der Waals surface area contributed by atoms with Crippen molar-refractivity contribution in [2.24, 2.45) is 0 Å². The summed E-state index contributed by atoms with van der Waals surface area (Å²) in [7, 11) is 0. The summed E-state index contributed by atoms with van der Waals surface area (Å²) in [4.78, 5) is 21.4. The molecule has 0 spiro atoms. The van der Waals surface area contributed by atoms with Gasteiger partial charge in [0.25, 0.3) is 0 Å². The minimum absolute atomic E-state index is 0.0725. The lowest BCUT2D eigenvalue weighted by molar-refractivity contribution is -0.141. The highest BCUT2D eigenvalue weighted by atomic mass is 16.6. The molecule has 2 unspecified atom stereocenters. The van der Waals surface area contributed by atoms with Crippen LogP contribution < -0.4 is 0 Å². The normalized spacial score (nSPS) is 12.5. The molecule has 8 heteroatoms. The molecular formula is C18H26O8. The van der Waals surface area contributed by atoms with Gasteiger partial charge in [-0.1, -0.05) is 12.8 Å². The largest absolute Gasteiger partial charge is 0.453 e. The van der Waals surface area contributed by atoms with Crippen molar-refractivity contribution in [1.29, 1.82) is 0 Å². The van der Waals surface area contributed by atoms with E-state index in [2.05, 4.69) is 9.47 Å². The van der Waals surface area contributed by atoms with E-state index in [1.54, 1.807) is 11.8 Å². The van der Waals surface area contributed by atoms with E-state index in [-0.39, 0.29) is 26.4 Å². The van der Waals surface area contributed by atoms with Crippen molar-refractivity contribution in [2.45, 2.75) is 37.9 Å². The Labute approximate surface area is 153 Å². The summed E-state index contributed by atoms with van der Waals surface area (Å²) in [5.41, 5.74) is 0. The van der Waals surface area contributed by atoms with Gasteiger partial charge in [0.1, 0.15) is 25.4 Å². The van der Waals surface area contributed by atoms with E-state index >= 15 is 0 Å². The van der Waals surface area contributed by atoms with Crippen molar-refractivity contribution in [1.82, 2.24) is 0 Å². The van der Waals surface area contributed by atoms with Gasteiger partial charge >= 0.3 is 11.9 Å². The fourth-order valence-electron chi connectivity index (χ4n) is 1.72. The maximum Gasteiger partial charge on any atom is 0.384 e. The summed E-state index contributed by atoms with van der Waals surface area (Å²) in [5.74, 6) is 1.94. The molecule has 0 aliphatic heterocycles. The first-order chi connectivity index (χ1) is 12.5. The number of terminal acetylenes is 2. The van der Waals surface area contributed by atoms with Gasteiger partial charge in [0.15, 0.2) is 0 Å². The zero-order valence-corrected chi connectivity index (χ0v) is 14.7. The molecule has 8 nitrogen and oxygen atoms in total. The Morgan fingerprint density at radius 3 is 1.46 bits per heavy atom. The number of rotatable bonds is 15. The first kappa shape index (κ1) is 23.9. The summed E-state index contributed by atoms with van der Waals surface area (Å²) in [6.45, 7) is 0.745. The Morgan fingerprint density at radius 1 is 0.731 bits per heavy atom. The number of esters is 2. The van der Waals surface area contributed by atoms with E-state index in [0.29, 0.717) is 13.2 Å². The lowest BCUT2D eigenvalue weighted by atomic mass is 10.2. The van der Waals surface area contributed by atoms with E-state index in [1.807, 2.05) is 0 Å². The van der Waals surface area contributed by atoms with E-state index in [4.69, 9.17) is 22.3 Å². The van der Waals surface area contributed by atoms with Crippen molar-refractivity contribution in [3.63, 3.8) is 0 Å². The predicted molar refractivity (Wildman–Crippen MR) is 91.7 cm³/mol. The topological polar surface area (TPSA) is 112 Å². The highest BCUT2D eigenvalue weighted by Gasteiger charge is 2.08. The number of carbonyl (C=O) groups is 2. The molecule has 0 heterocycles. The van der Waals surface area contributed by atoms with Crippen LogP contribution in [0.15, 0.2) is 0 Å². The number of aliphatic hydroxyl groups is 2. The van der Waals surface area contributed by atoms with Crippen LogP contribution in [0.25, 0.3) is 0 Å². The molecule has 0 aromatic heterocycles. The molecule has 0 aromatic rings. The fraction of sp³-hybridized carbons (Fsp3) is 0.667. The Hall–Kier alpha value is -2.10. The third kappa shape index (κ3) is 15.4. The van der Waals surface area contributed by atoms with Crippen molar-refractivity contribution in [3.05, 3.63) is 0 Å². The van der Waals surface area contributed by atoms with Gasteiger partial charge in [-0.25, -0.2) is 9.59 Å². The Bertz CT molecular complexity index is 433. The maximum atomic E-state index is 10.7. The van der Waals surface area contributed by atoms with Gasteiger partial charge in [-0.3, -0.25) is 0 Å². The molecule has 0 radical (unpaired) electrons. The van der Waals surface area contributed by atoms with Crippen molar-refractivity contribution < 1.29 is 38.7 Å². The summed E-state index contributed by atoms with van der Waals surface area (Å²) in [6, 6.07) is 0. The number of aliphatic hydroxyl groups excluding tert-OH is 2. The number of hydrogen-bond donors (Lipinski definition) is 2. The zero-order valence-electron chi connectivity index (χ0n) is 14.7. The molecular weight excluding hydrogens is 344 g/mol. The van der Waals surface area contributed by atoms with Crippen LogP contribution in [0.4, 0.5) is 0 Å². The Morgan fingerprint density at radius 2 is 1.12 bits per heavy atom.